The smallest absolute Gasteiger partial charge is 0.335 e. The van der Waals surface area contributed by atoms with Gasteiger partial charge in [0, 0.05) is 16.9 Å². The summed E-state index contributed by atoms with van der Waals surface area (Å²) in [5, 5.41) is 22.4. The maximum atomic E-state index is 14.7. The molecule has 6 atom stereocenters. The van der Waals surface area contributed by atoms with E-state index in [1.54, 1.807) is 25.1 Å². The largest absolute Gasteiger partial charge is 0.507 e. The minimum atomic E-state index is -1.44. The van der Waals surface area contributed by atoms with Gasteiger partial charge in [0.25, 0.3) is 0 Å². The van der Waals surface area contributed by atoms with E-state index in [1.807, 2.05) is 24.3 Å². The molecule has 2 aliphatic heterocycles. The van der Waals surface area contributed by atoms with E-state index >= 15 is 0 Å². The van der Waals surface area contributed by atoms with Crippen molar-refractivity contribution in [2.75, 3.05) is 9.80 Å². The molecule has 4 aliphatic rings. The lowest BCUT2D eigenvalue weighted by Crippen LogP contribution is -2.48. The molecule has 49 heavy (non-hydrogen) atoms. The zero-order chi connectivity index (χ0) is 34.5. The quantitative estimate of drug-likeness (QED) is 0.187. The maximum absolute atomic E-state index is 14.7. The van der Waals surface area contributed by atoms with E-state index in [0.717, 1.165) is 21.3 Å². The van der Waals surface area contributed by atoms with Crippen LogP contribution in [0.2, 0.25) is 5.02 Å². The van der Waals surface area contributed by atoms with Crippen LogP contribution in [0.25, 0.3) is 10.8 Å². The topological polar surface area (TPSA) is 132 Å². The number of carboxylic acids is 1. The number of allylic oxidation sites excluding steroid dienone is 2. The Kier molecular flexibility index (Phi) is 6.84. The van der Waals surface area contributed by atoms with Crippen LogP contribution >= 0.6 is 11.6 Å². The van der Waals surface area contributed by atoms with Crippen molar-refractivity contribution in [2.24, 2.45) is 29.1 Å². The molecule has 4 amide bonds. The molecule has 0 unspecified atom stereocenters. The van der Waals surface area contributed by atoms with Gasteiger partial charge in [0.1, 0.15) is 11.6 Å². The van der Waals surface area contributed by atoms with Gasteiger partial charge < -0.3 is 10.2 Å². The first-order valence-electron chi connectivity index (χ1n) is 15.9. The molecule has 0 spiro atoms. The van der Waals surface area contributed by atoms with E-state index < -0.39 is 70.4 Å². The molecule has 0 bridgehead atoms. The maximum Gasteiger partial charge on any atom is 0.335 e. The monoisotopic (exact) mass is 678 g/mol. The van der Waals surface area contributed by atoms with Gasteiger partial charge in [-0.25, -0.2) is 14.1 Å². The number of anilines is 2. The lowest BCUT2D eigenvalue weighted by Gasteiger charge is -2.49. The summed E-state index contributed by atoms with van der Waals surface area (Å²) in [5.74, 6) is -8.24. The predicted octanol–water partition coefficient (Wildman–Crippen LogP) is 6.47. The van der Waals surface area contributed by atoms with E-state index in [-0.39, 0.29) is 40.6 Å². The van der Waals surface area contributed by atoms with E-state index in [1.165, 1.54) is 36.4 Å². The lowest BCUT2D eigenvalue weighted by atomic mass is 9.51. The number of carbonyl (C=O) groups is 5. The summed E-state index contributed by atoms with van der Waals surface area (Å²) in [6, 6.07) is 20.0. The minimum Gasteiger partial charge on any atom is -0.507 e. The number of benzene rings is 4. The number of phenols is 1. The summed E-state index contributed by atoms with van der Waals surface area (Å²) >= 11 is 6.08. The Morgan fingerprint density at radius 1 is 0.878 bits per heavy atom. The van der Waals surface area contributed by atoms with Gasteiger partial charge in [0.2, 0.25) is 23.6 Å². The van der Waals surface area contributed by atoms with Crippen LogP contribution in [0.5, 0.6) is 5.75 Å². The zero-order valence-corrected chi connectivity index (χ0v) is 26.7. The van der Waals surface area contributed by atoms with E-state index in [0.29, 0.717) is 16.5 Å². The molecule has 3 fully saturated rings. The van der Waals surface area contributed by atoms with Crippen molar-refractivity contribution in [3.8, 4) is 5.75 Å². The van der Waals surface area contributed by atoms with Crippen LogP contribution in [0.15, 0.2) is 90.5 Å². The van der Waals surface area contributed by atoms with Crippen LogP contribution < -0.4 is 9.80 Å². The minimum absolute atomic E-state index is 0.0591. The van der Waals surface area contributed by atoms with Crippen molar-refractivity contribution >= 4 is 63.3 Å². The summed E-state index contributed by atoms with van der Waals surface area (Å²) in [7, 11) is 0. The molecule has 4 aromatic rings. The molecule has 4 aromatic carbocycles. The highest BCUT2D eigenvalue weighted by molar-refractivity contribution is 6.32. The fraction of sp³-hybridized carbons (Fsp3) is 0.237. The van der Waals surface area contributed by atoms with Crippen molar-refractivity contribution in [1.82, 2.24) is 0 Å². The molecule has 0 aromatic heterocycles. The van der Waals surface area contributed by atoms with Crippen LogP contribution in [0.4, 0.5) is 15.8 Å². The van der Waals surface area contributed by atoms with Gasteiger partial charge in [0.15, 0.2) is 0 Å². The first-order valence-corrected chi connectivity index (χ1v) is 16.3. The number of rotatable bonds is 4. The summed E-state index contributed by atoms with van der Waals surface area (Å²) < 4.78 is 14.2. The van der Waals surface area contributed by atoms with Crippen molar-refractivity contribution in [3.63, 3.8) is 0 Å². The highest BCUT2D eigenvalue weighted by atomic mass is 35.5. The Morgan fingerprint density at radius 2 is 1.63 bits per heavy atom. The average Bonchev–Trinajstić information content (AvgIpc) is 3.46. The average molecular weight is 679 g/mol. The van der Waals surface area contributed by atoms with E-state index in [2.05, 4.69) is 0 Å². The number of phenolic OH excluding ortho intramolecular Hbond substituents is 1. The van der Waals surface area contributed by atoms with Gasteiger partial charge in [-0.1, -0.05) is 65.7 Å². The number of fused-ring (bicyclic) bond motifs is 5. The summed E-state index contributed by atoms with van der Waals surface area (Å²) in [5.41, 5.74) is -0.194. The summed E-state index contributed by atoms with van der Waals surface area (Å²) in [6.45, 7) is 1.69. The summed E-state index contributed by atoms with van der Waals surface area (Å²) in [4.78, 5) is 71.0. The number of halogens is 2. The number of carbonyl (C=O) groups excluding carboxylic acids is 4. The fourth-order valence-electron chi connectivity index (χ4n) is 8.77. The SMILES string of the molecule is C[C@@]12C(=O)N(c3ccc(F)c(Cl)c3)C(=O)[C@@H]1C[C@@H]1C(=CC[C@@H]3C(=O)N(c4cccc(C(=O)O)c4)C(=O)[C@@H]31)[C@@H]2c1ccc2ccccc2c1O. The molecule has 1 saturated carbocycles. The molecule has 2 aliphatic carbocycles. The number of aromatic carboxylic acids is 1. The van der Waals surface area contributed by atoms with Crippen molar-refractivity contribution in [3.05, 3.63) is 112 Å². The Hall–Kier alpha value is -5.35. The summed E-state index contributed by atoms with van der Waals surface area (Å²) in [6.07, 6.45) is 2.09. The first kappa shape index (κ1) is 31.0. The van der Waals surface area contributed by atoms with Crippen molar-refractivity contribution < 1.29 is 38.6 Å². The number of hydrogen-bond donors (Lipinski definition) is 2. The second-order valence-corrected chi connectivity index (χ2v) is 13.8. The lowest BCUT2D eigenvalue weighted by molar-refractivity contribution is -0.131. The molecule has 0 radical (unpaired) electrons. The molecule has 9 nitrogen and oxygen atoms in total. The number of imide groups is 2. The fourth-order valence-corrected chi connectivity index (χ4v) is 8.94. The number of aromatic hydroxyl groups is 1. The number of carboxylic acid groups (broad SMARTS) is 1. The third-order valence-corrected chi connectivity index (χ3v) is 11.3. The highest BCUT2D eigenvalue weighted by Gasteiger charge is 2.68. The van der Waals surface area contributed by atoms with Gasteiger partial charge in [-0.05, 0) is 67.5 Å². The Labute approximate surface area is 284 Å². The molecular weight excluding hydrogens is 651 g/mol. The normalized spacial score (nSPS) is 27.7. The number of hydrogen-bond acceptors (Lipinski definition) is 6. The van der Waals surface area contributed by atoms with Gasteiger partial charge in [0.05, 0.1) is 45.1 Å². The molecule has 11 heteroatoms. The molecule has 2 heterocycles. The number of amides is 4. The molecule has 2 N–H and O–H groups in total. The molecular formula is C38H28ClFN2O7. The molecule has 2 saturated heterocycles. The van der Waals surface area contributed by atoms with Crippen LogP contribution in [-0.2, 0) is 19.2 Å². The highest BCUT2D eigenvalue weighted by Crippen LogP contribution is 2.64. The van der Waals surface area contributed by atoms with Gasteiger partial charge in [-0.2, -0.15) is 0 Å². The van der Waals surface area contributed by atoms with Gasteiger partial charge in [-0.15, -0.1) is 0 Å². The predicted molar refractivity (Wildman–Crippen MR) is 178 cm³/mol. The van der Waals surface area contributed by atoms with Crippen molar-refractivity contribution in [1.29, 1.82) is 0 Å². The Bertz CT molecular complexity index is 2220. The van der Waals surface area contributed by atoms with Gasteiger partial charge >= 0.3 is 5.97 Å². The van der Waals surface area contributed by atoms with E-state index in [9.17, 15) is 38.6 Å². The zero-order valence-electron chi connectivity index (χ0n) is 26.0. The number of nitrogens with zero attached hydrogens (tertiary/aromatic N) is 2. The first-order chi connectivity index (χ1) is 23.4. The van der Waals surface area contributed by atoms with Crippen LogP contribution in [0.1, 0.15) is 41.6 Å². The van der Waals surface area contributed by atoms with Gasteiger partial charge in [-0.3, -0.25) is 24.1 Å². The third-order valence-electron chi connectivity index (χ3n) is 11.0. The standard InChI is InChI=1S/C38H28ClFN2O7/c1-38-27(34(45)42(37(38)49)21-10-14-29(40)28(39)16-21)17-26-23(31(38)25-11-9-18-5-2-3-8-22(18)32(25)43)12-13-24-30(26)35(46)41(33(24)44)20-7-4-6-19(15-20)36(47)48/h2-12,14-16,24,26-27,30-31,43H,13,17H2,1H3,(H,47,48)/t24-,26+,27-,30-,31+,38+/m0/s1. The van der Waals surface area contributed by atoms with Crippen LogP contribution in [-0.4, -0.2) is 39.8 Å². The third kappa shape index (κ3) is 4.26. The van der Waals surface area contributed by atoms with Crippen molar-refractivity contribution in [2.45, 2.75) is 25.7 Å². The Morgan fingerprint density at radius 3 is 2.39 bits per heavy atom. The molecule has 8 rings (SSSR count). The Balaban J connectivity index is 1.29. The second-order valence-electron chi connectivity index (χ2n) is 13.4. The molecule has 246 valence electrons. The van der Waals surface area contributed by atoms with E-state index in [4.69, 9.17) is 11.6 Å². The second kappa shape index (κ2) is 10.8. The van der Waals surface area contributed by atoms with Crippen LogP contribution in [0, 0.1) is 34.9 Å². The van der Waals surface area contributed by atoms with Crippen LogP contribution in [0.3, 0.4) is 0 Å².